The maximum absolute atomic E-state index is 5.69. The number of pyridine rings is 2. The largest absolute Gasteiger partial charge is 0.309 e. The molecule has 0 spiro atoms. The maximum Gasteiger partial charge on any atom is 0.0978 e. The van der Waals surface area contributed by atoms with Crippen LogP contribution in [0.4, 0.5) is 0 Å². The number of fused-ring (bicyclic) bond motifs is 9. The molecule has 0 saturated heterocycles. The van der Waals surface area contributed by atoms with Gasteiger partial charge in [-0.05, 0) is 146 Å². The Morgan fingerprint density at radius 3 is 0.830 bits per heavy atom. The molecule has 0 unspecified atom stereocenters. The van der Waals surface area contributed by atoms with Gasteiger partial charge < -0.3 is 9.13 Å². The Morgan fingerprint density at radius 2 is 0.466 bits per heavy atom. The molecule has 88 heavy (non-hydrogen) atoms. The summed E-state index contributed by atoms with van der Waals surface area (Å²) in [6.45, 7) is 0. The topological polar surface area (TPSA) is 35.6 Å². The minimum absolute atomic E-state index is 0.855. The molecule has 4 heterocycles. The quantitative estimate of drug-likeness (QED) is 0.128. The zero-order valence-corrected chi connectivity index (χ0v) is 48.0. The zero-order chi connectivity index (χ0) is 58.1. The van der Waals surface area contributed by atoms with Crippen LogP contribution in [0.15, 0.2) is 328 Å². The Balaban J connectivity index is 0.813. The molecule has 0 bridgehead atoms. The molecule has 410 valence electrons. The highest BCUT2D eigenvalue weighted by Crippen LogP contribution is 2.43. The highest BCUT2D eigenvalue weighted by molar-refractivity contribution is 6.15. The lowest BCUT2D eigenvalue weighted by Gasteiger charge is -2.16. The van der Waals surface area contributed by atoms with E-state index in [-0.39, 0.29) is 0 Å². The second kappa shape index (κ2) is 21.1. The van der Waals surface area contributed by atoms with Crippen molar-refractivity contribution in [3.63, 3.8) is 0 Å². The van der Waals surface area contributed by atoms with E-state index < -0.39 is 0 Å². The van der Waals surface area contributed by atoms with Crippen LogP contribution in [0.3, 0.4) is 0 Å². The summed E-state index contributed by atoms with van der Waals surface area (Å²) in [6, 6.07) is 119. The summed E-state index contributed by atoms with van der Waals surface area (Å²) in [5.41, 5.74) is 26.3. The van der Waals surface area contributed by atoms with Gasteiger partial charge in [0, 0.05) is 54.8 Å². The molecule has 0 aliphatic carbocycles. The third kappa shape index (κ3) is 8.77. The fourth-order valence-corrected chi connectivity index (χ4v) is 13.4. The minimum Gasteiger partial charge on any atom is -0.309 e. The van der Waals surface area contributed by atoms with Crippen LogP contribution in [0, 0.1) is 0 Å². The van der Waals surface area contributed by atoms with Gasteiger partial charge in [0.2, 0.25) is 0 Å². The first-order valence-corrected chi connectivity index (χ1v) is 30.1. The number of nitrogens with zero attached hydrogens (tertiary/aromatic N) is 4. The van der Waals surface area contributed by atoms with Crippen molar-refractivity contribution in [1.29, 1.82) is 0 Å². The second-order valence-electron chi connectivity index (χ2n) is 22.9. The van der Waals surface area contributed by atoms with Gasteiger partial charge >= 0.3 is 0 Å². The Kier molecular flexibility index (Phi) is 12.2. The zero-order valence-electron chi connectivity index (χ0n) is 48.0. The van der Waals surface area contributed by atoms with Crippen molar-refractivity contribution in [2.24, 2.45) is 0 Å². The molecule has 0 atom stereocenters. The van der Waals surface area contributed by atoms with Gasteiger partial charge in [0.25, 0.3) is 0 Å². The lowest BCUT2D eigenvalue weighted by Crippen LogP contribution is -1.97. The van der Waals surface area contributed by atoms with E-state index in [4.69, 9.17) is 9.97 Å². The predicted molar refractivity (Wildman–Crippen MR) is 369 cm³/mol. The first kappa shape index (κ1) is 50.8. The van der Waals surface area contributed by atoms with E-state index in [1.807, 2.05) is 0 Å². The molecule has 4 nitrogen and oxygen atoms in total. The molecule has 0 radical (unpaired) electrons. The Morgan fingerprint density at radius 1 is 0.182 bits per heavy atom. The molecule has 0 fully saturated rings. The Bertz CT molecular complexity index is 5390. The van der Waals surface area contributed by atoms with Crippen molar-refractivity contribution >= 4 is 65.4 Å². The van der Waals surface area contributed by atoms with Crippen LogP contribution in [-0.4, -0.2) is 19.1 Å². The van der Waals surface area contributed by atoms with Crippen LogP contribution >= 0.6 is 0 Å². The van der Waals surface area contributed by atoms with E-state index >= 15 is 0 Å². The van der Waals surface area contributed by atoms with Gasteiger partial charge in [-0.1, -0.05) is 249 Å². The van der Waals surface area contributed by atoms with Gasteiger partial charge in [-0.15, -0.1) is 0 Å². The number of benzene rings is 13. The Labute approximate surface area is 509 Å². The molecular weight excluding hydrogens is 1060 g/mol. The highest BCUT2D eigenvalue weighted by Gasteiger charge is 2.21. The average Bonchev–Trinajstić information content (AvgIpc) is 3.25. The fraction of sp³-hybridized carbons (Fsp3) is 0. The SMILES string of the molecule is c1ccc(-c2ccc3c(c2)c2cc(-c4ccccc4)ccc2n3-c2ccc(-c3cc(-c4ccccc4)c4ccc5c(-c6ccccc6)cc(-c6ccc(-n7c8ccc(-c9ccccc9)cc8c8ccc(-c9ccccc9)cc87)cc6)nc5c4n3)cc2)cc1. The minimum atomic E-state index is 0.855. The molecule has 4 aromatic heterocycles. The van der Waals surface area contributed by atoms with E-state index in [1.165, 1.54) is 66.1 Å². The number of hydrogen-bond donors (Lipinski definition) is 0. The van der Waals surface area contributed by atoms with Crippen molar-refractivity contribution in [3.8, 4) is 101 Å². The van der Waals surface area contributed by atoms with Gasteiger partial charge in [0.1, 0.15) is 0 Å². The van der Waals surface area contributed by atoms with Gasteiger partial charge in [-0.3, -0.25) is 0 Å². The summed E-state index contributed by atoms with van der Waals surface area (Å²) in [5, 5.41) is 6.94. The third-order valence-corrected chi connectivity index (χ3v) is 17.7. The second-order valence-corrected chi connectivity index (χ2v) is 22.9. The summed E-state index contributed by atoms with van der Waals surface area (Å²) < 4.78 is 4.83. The smallest absolute Gasteiger partial charge is 0.0978 e. The molecule has 0 saturated carbocycles. The standard InChI is InChI=1S/C84H54N4/c1-7-19-55(20-8-1)63-36-46-79-74(49-63)69-43-35-66(58-25-13-4-14-26-58)52-82(69)88(79)68-41-33-62(34-42-68)78-54-73(60-29-17-6-18-30-60)71-45-44-70-72(59-27-15-5-16-28-59)53-77(85-83(70)84(71)86-78)61-31-39-67(40-32-61)87-80-47-37-64(56-21-9-2-10-22-56)50-75(80)76-51-65(38-48-81(76)87)57-23-11-3-12-24-57/h1-54H. The van der Waals surface area contributed by atoms with Crippen molar-refractivity contribution in [3.05, 3.63) is 328 Å². The maximum atomic E-state index is 5.69. The number of hydrogen-bond acceptors (Lipinski definition) is 2. The van der Waals surface area contributed by atoms with Crippen molar-refractivity contribution in [2.45, 2.75) is 0 Å². The molecule has 4 heteroatoms. The molecule has 0 aliphatic rings. The lowest BCUT2D eigenvalue weighted by molar-refractivity contribution is 1.18. The van der Waals surface area contributed by atoms with Gasteiger partial charge in [-0.2, -0.15) is 0 Å². The molecule has 13 aromatic carbocycles. The summed E-state index contributed by atoms with van der Waals surface area (Å²) in [7, 11) is 0. The lowest BCUT2D eigenvalue weighted by atomic mass is 9.94. The summed E-state index contributed by atoms with van der Waals surface area (Å²) in [4.78, 5) is 11.4. The van der Waals surface area contributed by atoms with Crippen molar-refractivity contribution < 1.29 is 0 Å². The van der Waals surface area contributed by atoms with Crippen LogP contribution in [0.1, 0.15) is 0 Å². The van der Waals surface area contributed by atoms with Crippen LogP contribution in [-0.2, 0) is 0 Å². The first-order valence-electron chi connectivity index (χ1n) is 30.1. The normalized spacial score (nSPS) is 11.6. The van der Waals surface area contributed by atoms with E-state index in [0.29, 0.717) is 0 Å². The van der Waals surface area contributed by atoms with E-state index in [1.54, 1.807) is 0 Å². The van der Waals surface area contributed by atoms with Crippen LogP contribution in [0.25, 0.3) is 166 Å². The van der Waals surface area contributed by atoms with Gasteiger partial charge in [0.05, 0.1) is 44.5 Å². The van der Waals surface area contributed by atoms with Crippen LogP contribution in [0.2, 0.25) is 0 Å². The summed E-state index contributed by atoms with van der Waals surface area (Å²) in [6.07, 6.45) is 0. The highest BCUT2D eigenvalue weighted by atomic mass is 15.0. The Hall–Kier alpha value is -11.7. The van der Waals surface area contributed by atoms with Crippen molar-refractivity contribution in [1.82, 2.24) is 19.1 Å². The molecule has 0 aliphatic heterocycles. The molecule has 0 amide bonds. The van der Waals surface area contributed by atoms with Crippen molar-refractivity contribution in [2.75, 3.05) is 0 Å². The molecule has 17 rings (SSSR count). The molecule has 0 N–H and O–H groups in total. The summed E-state index contributed by atoms with van der Waals surface area (Å²) >= 11 is 0. The van der Waals surface area contributed by atoms with E-state index in [2.05, 4.69) is 337 Å². The molecule has 17 aromatic rings. The fourth-order valence-electron chi connectivity index (χ4n) is 13.4. The predicted octanol–water partition coefficient (Wildman–Crippen LogP) is 22.3. The average molecular weight is 1120 g/mol. The van der Waals surface area contributed by atoms with E-state index in [0.717, 1.165) is 100 Å². The van der Waals surface area contributed by atoms with Crippen LogP contribution in [0.5, 0.6) is 0 Å². The van der Waals surface area contributed by atoms with Crippen LogP contribution < -0.4 is 0 Å². The third-order valence-electron chi connectivity index (χ3n) is 17.7. The monoisotopic (exact) mass is 1120 g/mol. The first-order chi connectivity index (χ1) is 43.6. The van der Waals surface area contributed by atoms with Gasteiger partial charge in [-0.25, -0.2) is 9.97 Å². The molecular formula is C84H54N4. The van der Waals surface area contributed by atoms with E-state index in [9.17, 15) is 0 Å². The number of rotatable bonds is 10. The van der Waals surface area contributed by atoms with Gasteiger partial charge in [0.15, 0.2) is 0 Å². The summed E-state index contributed by atoms with van der Waals surface area (Å²) in [5.74, 6) is 0. The number of aromatic nitrogens is 4.